The van der Waals surface area contributed by atoms with Gasteiger partial charge in [0.1, 0.15) is 5.75 Å². The number of hydrogen-bond donors (Lipinski definition) is 1. The Labute approximate surface area is 109 Å². The fourth-order valence-corrected chi connectivity index (χ4v) is 2.35. The van der Waals surface area contributed by atoms with Crippen LogP contribution in [0.2, 0.25) is 5.02 Å². The summed E-state index contributed by atoms with van der Waals surface area (Å²) in [5.41, 5.74) is 1.81. The number of ether oxygens (including phenoxy) is 1. The third kappa shape index (κ3) is 2.57. The van der Waals surface area contributed by atoms with Crippen LogP contribution < -0.4 is 10.1 Å². The normalized spacial score (nSPS) is 12.4. The average Bonchev–Trinajstić information content (AvgIpc) is 2.84. The van der Waals surface area contributed by atoms with Crippen molar-refractivity contribution in [3.63, 3.8) is 0 Å². The van der Waals surface area contributed by atoms with Crippen molar-refractivity contribution < 1.29 is 4.74 Å². The highest BCUT2D eigenvalue weighted by molar-refractivity contribution is 7.03. The molecule has 1 heterocycles. The van der Waals surface area contributed by atoms with Crippen LogP contribution in [0.15, 0.2) is 23.6 Å². The quantitative estimate of drug-likeness (QED) is 0.927. The van der Waals surface area contributed by atoms with Gasteiger partial charge in [0.15, 0.2) is 0 Å². The van der Waals surface area contributed by atoms with Gasteiger partial charge in [0, 0.05) is 16.0 Å². The Morgan fingerprint density at radius 3 is 2.88 bits per heavy atom. The Morgan fingerprint density at radius 2 is 2.29 bits per heavy atom. The molecule has 1 aromatic heterocycles. The number of hydrogen-bond acceptors (Lipinski definition) is 5. The van der Waals surface area contributed by atoms with Crippen LogP contribution in [-0.2, 0) is 0 Å². The molecular weight excluding hydrogens is 258 g/mol. The number of nitrogens with one attached hydrogen (secondary N) is 1. The molecule has 1 N–H and O–H groups in total. The van der Waals surface area contributed by atoms with Crippen molar-refractivity contribution in [1.82, 2.24) is 14.9 Å². The summed E-state index contributed by atoms with van der Waals surface area (Å²) in [6.07, 6.45) is 0. The lowest BCUT2D eigenvalue weighted by Gasteiger charge is -2.17. The number of nitrogens with zero attached hydrogens (tertiary/aromatic N) is 2. The first kappa shape index (κ1) is 12.3. The summed E-state index contributed by atoms with van der Waals surface area (Å²) in [6, 6.07) is 5.46. The van der Waals surface area contributed by atoms with Crippen molar-refractivity contribution in [2.75, 3.05) is 14.2 Å². The molecule has 1 unspecified atom stereocenters. The Hall–Kier alpha value is -1.17. The van der Waals surface area contributed by atoms with E-state index >= 15 is 0 Å². The lowest BCUT2D eigenvalue weighted by atomic mass is 10.0. The highest BCUT2D eigenvalue weighted by Gasteiger charge is 2.19. The van der Waals surface area contributed by atoms with Gasteiger partial charge in [-0.25, -0.2) is 0 Å². The van der Waals surface area contributed by atoms with Gasteiger partial charge in [-0.05, 0) is 36.8 Å². The molecule has 17 heavy (non-hydrogen) atoms. The van der Waals surface area contributed by atoms with Crippen LogP contribution in [0.1, 0.15) is 17.3 Å². The first-order valence-corrected chi connectivity index (χ1v) is 6.25. The molecule has 0 bridgehead atoms. The van der Waals surface area contributed by atoms with E-state index in [1.807, 2.05) is 24.6 Å². The fourth-order valence-electron chi connectivity index (χ4n) is 1.69. The molecule has 0 fully saturated rings. The zero-order chi connectivity index (χ0) is 12.3. The van der Waals surface area contributed by atoms with E-state index in [1.165, 1.54) is 11.5 Å². The Kier molecular flexibility index (Phi) is 3.93. The van der Waals surface area contributed by atoms with Crippen molar-refractivity contribution in [3.8, 4) is 5.75 Å². The summed E-state index contributed by atoms with van der Waals surface area (Å²) >= 11 is 7.34. The highest BCUT2D eigenvalue weighted by Crippen LogP contribution is 2.31. The smallest absolute Gasteiger partial charge is 0.124 e. The van der Waals surface area contributed by atoms with Crippen LogP contribution in [0.5, 0.6) is 5.75 Å². The minimum Gasteiger partial charge on any atom is -0.496 e. The van der Waals surface area contributed by atoms with Gasteiger partial charge in [-0.1, -0.05) is 16.1 Å². The molecule has 0 aliphatic rings. The lowest BCUT2D eigenvalue weighted by molar-refractivity contribution is 0.405. The fraction of sp³-hybridized carbons (Fsp3) is 0.273. The van der Waals surface area contributed by atoms with Crippen LogP contribution >= 0.6 is 23.1 Å². The highest BCUT2D eigenvalue weighted by atomic mass is 35.5. The van der Waals surface area contributed by atoms with E-state index in [0.717, 1.165) is 17.0 Å². The molecule has 1 atom stereocenters. The summed E-state index contributed by atoms with van der Waals surface area (Å²) in [5, 5.41) is 9.84. The van der Waals surface area contributed by atoms with Crippen LogP contribution in [0.3, 0.4) is 0 Å². The topological polar surface area (TPSA) is 47.0 Å². The molecule has 0 aliphatic carbocycles. The Balaban J connectivity index is 2.46. The van der Waals surface area contributed by atoms with Crippen molar-refractivity contribution in [2.24, 2.45) is 0 Å². The first-order valence-electron chi connectivity index (χ1n) is 5.04. The molecule has 0 spiro atoms. The predicted octanol–water partition coefficient (Wildman–Crippen LogP) is 2.51. The third-order valence-electron chi connectivity index (χ3n) is 2.46. The monoisotopic (exact) mass is 269 g/mol. The summed E-state index contributed by atoms with van der Waals surface area (Å²) in [7, 11) is 3.50. The molecule has 4 nitrogen and oxygen atoms in total. The second-order valence-electron chi connectivity index (χ2n) is 3.44. The predicted molar refractivity (Wildman–Crippen MR) is 68.8 cm³/mol. The van der Waals surface area contributed by atoms with Gasteiger partial charge in [0.2, 0.25) is 0 Å². The molecule has 0 aliphatic heterocycles. The molecule has 0 amide bonds. The van der Waals surface area contributed by atoms with Gasteiger partial charge in [-0.3, -0.25) is 0 Å². The van der Waals surface area contributed by atoms with Gasteiger partial charge in [-0.2, -0.15) is 0 Å². The van der Waals surface area contributed by atoms with Crippen LogP contribution in [-0.4, -0.2) is 23.7 Å². The van der Waals surface area contributed by atoms with Gasteiger partial charge in [0.25, 0.3) is 0 Å². The van der Waals surface area contributed by atoms with Crippen molar-refractivity contribution >= 4 is 23.1 Å². The number of halogens is 1. The second-order valence-corrected chi connectivity index (χ2v) is 4.48. The Bertz CT molecular complexity index is 489. The van der Waals surface area contributed by atoms with Gasteiger partial charge in [0.05, 0.1) is 18.8 Å². The molecule has 0 saturated heterocycles. The maximum atomic E-state index is 6.02. The molecule has 90 valence electrons. The summed E-state index contributed by atoms with van der Waals surface area (Å²) in [5.74, 6) is 0.779. The number of aromatic nitrogens is 2. The minimum absolute atomic E-state index is 0.0672. The van der Waals surface area contributed by atoms with Crippen LogP contribution in [0.25, 0.3) is 0 Å². The summed E-state index contributed by atoms with van der Waals surface area (Å²) in [4.78, 5) is 0. The van der Waals surface area contributed by atoms with E-state index in [4.69, 9.17) is 16.3 Å². The Morgan fingerprint density at radius 1 is 1.47 bits per heavy atom. The molecule has 1 aromatic carbocycles. The van der Waals surface area contributed by atoms with E-state index in [1.54, 1.807) is 13.2 Å². The van der Waals surface area contributed by atoms with Crippen molar-refractivity contribution in [2.45, 2.75) is 6.04 Å². The standard InChI is InChI=1S/C11H12ClN3OS/c1-13-11(9-6-17-15-14-9)8-5-7(12)3-4-10(8)16-2/h3-6,11,13H,1-2H3. The molecule has 6 heteroatoms. The van der Waals surface area contributed by atoms with E-state index < -0.39 is 0 Å². The first-order chi connectivity index (χ1) is 8.26. The van der Waals surface area contributed by atoms with E-state index in [9.17, 15) is 0 Å². The second kappa shape index (κ2) is 5.44. The van der Waals surface area contributed by atoms with E-state index in [-0.39, 0.29) is 6.04 Å². The van der Waals surface area contributed by atoms with Gasteiger partial charge in [-0.15, -0.1) is 5.10 Å². The SMILES string of the molecule is CNC(c1csnn1)c1cc(Cl)ccc1OC. The maximum Gasteiger partial charge on any atom is 0.124 e. The maximum absolute atomic E-state index is 6.02. The summed E-state index contributed by atoms with van der Waals surface area (Å²) in [6.45, 7) is 0. The van der Waals surface area contributed by atoms with Crippen LogP contribution in [0, 0.1) is 0 Å². The van der Waals surface area contributed by atoms with Crippen LogP contribution in [0.4, 0.5) is 0 Å². The molecule has 0 radical (unpaired) electrons. The zero-order valence-corrected chi connectivity index (χ0v) is 11.0. The zero-order valence-electron chi connectivity index (χ0n) is 9.48. The van der Waals surface area contributed by atoms with Gasteiger partial charge < -0.3 is 10.1 Å². The van der Waals surface area contributed by atoms with Crippen molar-refractivity contribution in [1.29, 1.82) is 0 Å². The molecule has 2 aromatic rings. The largest absolute Gasteiger partial charge is 0.496 e. The van der Waals surface area contributed by atoms with E-state index in [0.29, 0.717) is 5.02 Å². The van der Waals surface area contributed by atoms with Crippen molar-refractivity contribution in [3.05, 3.63) is 39.9 Å². The number of methoxy groups -OCH3 is 1. The number of rotatable bonds is 4. The van der Waals surface area contributed by atoms with E-state index in [2.05, 4.69) is 14.9 Å². The molecular formula is C11H12ClN3OS. The molecule has 2 rings (SSSR count). The average molecular weight is 270 g/mol. The van der Waals surface area contributed by atoms with Gasteiger partial charge >= 0.3 is 0 Å². The third-order valence-corrected chi connectivity index (χ3v) is 3.22. The minimum atomic E-state index is -0.0672. The number of benzene rings is 1. The molecule has 0 saturated carbocycles. The lowest BCUT2D eigenvalue weighted by Crippen LogP contribution is -2.18. The summed E-state index contributed by atoms with van der Waals surface area (Å²) < 4.78 is 9.21.